The minimum Gasteiger partial charge on any atom is -0.497 e. The number of hydrogen-bond donors (Lipinski definition) is 2. The van der Waals surface area contributed by atoms with E-state index in [1.165, 1.54) is 0 Å². The zero-order chi connectivity index (χ0) is 17.6. The van der Waals surface area contributed by atoms with E-state index in [9.17, 15) is 4.79 Å². The highest BCUT2D eigenvalue weighted by Gasteiger charge is 2.09. The number of ether oxygens (including phenoxy) is 1. The SMILES string of the molecule is COc1cccc(Nc2ccc(C(=O)Nc3cccc(C)c3)nn2)c1. The Morgan fingerprint density at radius 1 is 0.960 bits per heavy atom. The second-order valence-corrected chi connectivity index (χ2v) is 5.48. The Labute approximate surface area is 145 Å². The van der Waals surface area contributed by atoms with E-state index in [0.29, 0.717) is 5.82 Å². The first-order chi connectivity index (χ1) is 12.1. The van der Waals surface area contributed by atoms with Crippen molar-refractivity contribution in [2.75, 3.05) is 17.7 Å². The van der Waals surface area contributed by atoms with Crippen molar-refractivity contribution in [3.05, 3.63) is 71.9 Å². The lowest BCUT2D eigenvalue weighted by atomic mass is 10.2. The maximum atomic E-state index is 12.2. The molecule has 2 N–H and O–H groups in total. The number of nitrogens with one attached hydrogen (secondary N) is 2. The van der Waals surface area contributed by atoms with Gasteiger partial charge in [0, 0.05) is 17.4 Å². The molecule has 6 heteroatoms. The molecule has 1 aromatic heterocycles. The van der Waals surface area contributed by atoms with Gasteiger partial charge >= 0.3 is 0 Å². The third-order valence-electron chi connectivity index (χ3n) is 3.52. The van der Waals surface area contributed by atoms with Crippen molar-refractivity contribution in [2.24, 2.45) is 0 Å². The maximum absolute atomic E-state index is 12.2. The molecule has 1 heterocycles. The number of carbonyl (C=O) groups is 1. The molecular weight excluding hydrogens is 316 g/mol. The Morgan fingerprint density at radius 2 is 1.76 bits per heavy atom. The summed E-state index contributed by atoms with van der Waals surface area (Å²) in [6, 6.07) is 18.4. The lowest BCUT2D eigenvalue weighted by Gasteiger charge is -2.08. The average molecular weight is 334 g/mol. The number of anilines is 3. The molecule has 2 aromatic carbocycles. The lowest BCUT2D eigenvalue weighted by Crippen LogP contribution is -2.14. The molecule has 0 aliphatic carbocycles. The Hall–Kier alpha value is -3.41. The first-order valence-corrected chi connectivity index (χ1v) is 7.77. The van der Waals surface area contributed by atoms with Gasteiger partial charge in [0.1, 0.15) is 5.75 Å². The molecule has 0 saturated carbocycles. The molecule has 0 unspecified atom stereocenters. The highest BCUT2D eigenvalue weighted by atomic mass is 16.5. The van der Waals surface area contributed by atoms with Gasteiger partial charge in [0.15, 0.2) is 11.5 Å². The normalized spacial score (nSPS) is 10.2. The Bertz CT molecular complexity index is 879. The van der Waals surface area contributed by atoms with Gasteiger partial charge in [-0.15, -0.1) is 10.2 Å². The molecule has 3 aromatic rings. The van der Waals surface area contributed by atoms with Crippen LogP contribution in [-0.2, 0) is 0 Å². The first-order valence-electron chi connectivity index (χ1n) is 7.77. The maximum Gasteiger partial charge on any atom is 0.276 e. The fourth-order valence-corrected chi connectivity index (χ4v) is 2.29. The van der Waals surface area contributed by atoms with E-state index < -0.39 is 0 Å². The van der Waals surface area contributed by atoms with Crippen molar-refractivity contribution in [1.82, 2.24) is 10.2 Å². The van der Waals surface area contributed by atoms with Crippen LogP contribution in [0.15, 0.2) is 60.7 Å². The lowest BCUT2D eigenvalue weighted by molar-refractivity contribution is 0.102. The van der Waals surface area contributed by atoms with Crippen molar-refractivity contribution in [2.45, 2.75) is 6.92 Å². The molecule has 0 bridgehead atoms. The molecule has 1 amide bonds. The summed E-state index contributed by atoms with van der Waals surface area (Å²) < 4.78 is 5.18. The fraction of sp³-hybridized carbons (Fsp3) is 0.105. The molecule has 6 nitrogen and oxygen atoms in total. The quantitative estimate of drug-likeness (QED) is 0.742. The molecule has 0 aliphatic rings. The smallest absolute Gasteiger partial charge is 0.276 e. The molecule has 25 heavy (non-hydrogen) atoms. The molecule has 3 rings (SSSR count). The van der Waals surface area contributed by atoms with Crippen LogP contribution in [0.25, 0.3) is 0 Å². The van der Waals surface area contributed by atoms with Gasteiger partial charge in [0.05, 0.1) is 7.11 Å². The van der Waals surface area contributed by atoms with Crippen LogP contribution in [0.5, 0.6) is 5.75 Å². The minimum absolute atomic E-state index is 0.248. The first kappa shape index (κ1) is 16.4. The second-order valence-electron chi connectivity index (χ2n) is 5.48. The summed E-state index contributed by atoms with van der Waals surface area (Å²) in [6.07, 6.45) is 0. The van der Waals surface area contributed by atoms with Gasteiger partial charge in [-0.25, -0.2) is 0 Å². The van der Waals surface area contributed by atoms with Crippen molar-refractivity contribution >= 4 is 23.1 Å². The van der Waals surface area contributed by atoms with Gasteiger partial charge in [-0.2, -0.15) is 0 Å². The summed E-state index contributed by atoms with van der Waals surface area (Å²) in [7, 11) is 1.61. The van der Waals surface area contributed by atoms with Crippen LogP contribution < -0.4 is 15.4 Å². The van der Waals surface area contributed by atoms with Crippen LogP contribution in [0.4, 0.5) is 17.2 Å². The largest absolute Gasteiger partial charge is 0.497 e. The highest BCUT2D eigenvalue weighted by Crippen LogP contribution is 2.20. The van der Waals surface area contributed by atoms with E-state index in [1.807, 2.05) is 55.5 Å². The van der Waals surface area contributed by atoms with E-state index in [0.717, 1.165) is 22.7 Å². The standard InChI is InChI=1S/C19H18N4O2/c1-13-5-3-6-14(11-13)21-19(24)17-9-10-18(23-22-17)20-15-7-4-8-16(12-15)25-2/h3-12H,1-2H3,(H,20,23)(H,21,24). The van der Waals surface area contributed by atoms with Crippen molar-refractivity contribution in [1.29, 1.82) is 0 Å². The molecule has 126 valence electrons. The predicted octanol–water partition coefficient (Wildman–Crippen LogP) is 3.79. The van der Waals surface area contributed by atoms with Crippen LogP contribution in [0.2, 0.25) is 0 Å². The van der Waals surface area contributed by atoms with Crippen molar-refractivity contribution in [3.63, 3.8) is 0 Å². The van der Waals surface area contributed by atoms with E-state index in [2.05, 4.69) is 20.8 Å². The van der Waals surface area contributed by atoms with E-state index in [1.54, 1.807) is 19.2 Å². The Morgan fingerprint density at radius 3 is 2.48 bits per heavy atom. The number of hydrogen-bond acceptors (Lipinski definition) is 5. The highest BCUT2D eigenvalue weighted by molar-refractivity contribution is 6.02. The molecule has 0 spiro atoms. The molecule has 0 fully saturated rings. The number of nitrogens with zero attached hydrogens (tertiary/aromatic N) is 2. The summed E-state index contributed by atoms with van der Waals surface area (Å²) in [5, 5.41) is 13.9. The number of rotatable bonds is 5. The number of aromatic nitrogens is 2. The van der Waals surface area contributed by atoms with Gasteiger partial charge in [0.2, 0.25) is 0 Å². The Balaban J connectivity index is 1.68. The van der Waals surface area contributed by atoms with Crippen LogP contribution in [0, 0.1) is 6.92 Å². The minimum atomic E-state index is -0.300. The summed E-state index contributed by atoms with van der Waals surface area (Å²) in [4.78, 5) is 12.2. The summed E-state index contributed by atoms with van der Waals surface area (Å²) >= 11 is 0. The monoisotopic (exact) mass is 334 g/mol. The van der Waals surface area contributed by atoms with Gasteiger partial charge in [-0.1, -0.05) is 18.2 Å². The van der Waals surface area contributed by atoms with E-state index >= 15 is 0 Å². The van der Waals surface area contributed by atoms with Crippen molar-refractivity contribution < 1.29 is 9.53 Å². The summed E-state index contributed by atoms with van der Waals surface area (Å²) in [5.74, 6) is 0.985. The molecule has 0 aliphatic heterocycles. The number of aryl methyl sites for hydroxylation is 1. The third-order valence-corrected chi connectivity index (χ3v) is 3.52. The number of benzene rings is 2. The molecular formula is C19H18N4O2. The van der Waals surface area contributed by atoms with Gasteiger partial charge in [-0.05, 0) is 48.9 Å². The van der Waals surface area contributed by atoms with Crippen molar-refractivity contribution in [3.8, 4) is 5.75 Å². The number of carbonyl (C=O) groups excluding carboxylic acids is 1. The van der Waals surface area contributed by atoms with Crippen LogP contribution in [0.1, 0.15) is 16.1 Å². The van der Waals surface area contributed by atoms with Gasteiger partial charge in [0.25, 0.3) is 5.91 Å². The van der Waals surface area contributed by atoms with Crippen LogP contribution in [0.3, 0.4) is 0 Å². The summed E-state index contributed by atoms with van der Waals surface area (Å²) in [6.45, 7) is 1.97. The van der Waals surface area contributed by atoms with Crippen LogP contribution >= 0.6 is 0 Å². The second kappa shape index (κ2) is 7.44. The molecule has 0 saturated heterocycles. The molecule has 0 atom stereocenters. The topological polar surface area (TPSA) is 76.1 Å². The van der Waals surface area contributed by atoms with Gasteiger partial charge in [-0.3, -0.25) is 4.79 Å². The zero-order valence-electron chi connectivity index (χ0n) is 14.0. The van der Waals surface area contributed by atoms with E-state index in [4.69, 9.17) is 4.74 Å². The van der Waals surface area contributed by atoms with Crippen LogP contribution in [-0.4, -0.2) is 23.2 Å². The summed E-state index contributed by atoms with van der Waals surface area (Å²) in [5.41, 5.74) is 2.87. The van der Waals surface area contributed by atoms with Gasteiger partial charge < -0.3 is 15.4 Å². The molecule has 0 radical (unpaired) electrons. The third kappa shape index (κ3) is 4.32. The van der Waals surface area contributed by atoms with E-state index in [-0.39, 0.29) is 11.6 Å². The predicted molar refractivity (Wildman–Crippen MR) is 97.4 cm³/mol. The number of amides is 1. The number of methoxy groups -OCH3 is 1. The zero-order valence-corrected chi connectivity index (χ0v) is 14.0. The Kier molecular flexibility index (Phi) is 4.89. The average Bonchev–Trinajstić information content (AvgIpc) is 2.62. The fourth-order valence-electron chi connectivity index (χ4n) is 2.29.